The number of amides is 1. The van der Waals surface area contributed by atoms with E-state index in [1.165, 1.54) is 16.8 Å². The smallest absolute Gasteiger partial charge is 0.293 e. The fraction of sp³-hybridized carbons (Fsp3) is 0.250. The maximum atomic E-state index is 13.1. The van der Waals surface area contributed by atoms with Crippen LogP contribution in [-0.4, -0.2) is 39.2 Å². The van der Waals surface area contributed by atoms with Gasteiger partial charge in [0.2, 0.25) is 5.82 Å². The Morgan fingerprint density at radius 1 is 1.15 bits per heavy atom. The zero-order valence-electron chi connectivity index (χ0n) is 15.5. The predicted octanol–water partition coefficient (Wildman–Crippen LogP) is 3.39. The van der Waals surface area contributed by atoms with Gasteiger partial charge in [0.25, 0.3) is 5.91 Å². The molecule has 140 valence electrons. The monoisotopic (exact) mass is 368 g/mol. The highest BCUT2D eigenvalue weighted by Gasteiger charge is 2.21. The number of rotatable bonds is 6. The number of carbonyl (C=O) groups excluding carboxylic acids is 1. The summed E-state index contributed by atoms with van der Waals surface area (Å²) in [6.45, 7) is 4.64. The van der Waals surface area contributed by atoms with E-state index in [1.54, 1.807) is 31.1 Å². The summed E-state index contributed by atoms with van der Waals surface area (Å²) in [4.78, 5) is 18.8. The summed E-state index contributed by atoms with van der Waals surface area (Å²) >= 11 is 0. The summed E-state index contributed by atoms with van der Waals surface area (Å²) in [7, 11) is 1.61. The minimum atomic E-state index is -0.329. The number of methoxy groups -OCH3 is 1. The van der Waals surface area contributed by atoms with Crippen molar-refractivity contribution in [3.63, 3.8) is 0 Å². The predicted molar refractivity (Wildman–Crippen MR) is 99.5 cm³/mol. The summed E-state index contributed by atoms with van der Waals surface area (Å²) in [5.41, 5.74) is 1.64. The molecule has 0 aliphatic carbocycles. The van der Waals surface area contributed by atoms with Gasteiger partial charge in [-0.05, 0) is 55.8 Å². The third-order valence-corrected chi connectivity index (χ3v) is 4.23. The Morgan fingerprint density at radius 3 is 2.41 bits per heavy atom. The molecule has 0 radical (unpaired) electrons. The third kappa shape index (κ3) is 4.13. The van der Waals surface area contributed by atoms with E-state index in [0.29, 0.717) is 24.6 Å². The number of aromatic nitrogens is 3. The van der Waals surface area contributed by atoms with Gasteiger partial charge in [-0.25, -0.2) is 14.1 Å². The van der Waals surface area contributed by atoms with Crippen LogP contribution in [0.15, 0.2) is 48.5 Å². The summed E-state index contributed by atoms with van der Waals surface area (Å²) in [6.07, 6.45) is 0. The molecule has 0 spiro atoms. The van der Waals surface area contributed by atoms with Gasteiger partial charge in [-0.2, -0.15) is 0 Å². The van der Waals surface area contributed by atoms with Crippen LogP contribution in [0.4, 0.5) is 4.39 Å². The van der Waals surface area contributed by atoms with E-state index in [4.69, 9.17) is 4.74 Å². The highest BCUT2D eigenvalue weighted by atomic mass is 19.1. The van der Waals surface area contributed by atoms with Crippen LogP contribution in [0.5, 0.6) is 5.75 Å². The first-order valence-corrected chi connectivity index (χ1v) is 8.63. The molecule has 3 rings (SSSR count). The minimum Gasteiger partial charge on any atom is -0.497 e. The first kappa shape index (κ1) is 18.6. The van der Waals surface area contributed by atoms with Gasteiger partial charge in [-0.15, -0.1) is 5.10 Å². The van der Waals surface area contributed by atoms with Crippen molar-refractivity contribution in [3.05, 3.63) is 71.6 Å². The fourth-order valence-electron chi connectivity index (χ4n) is 2.73. The Labute approximate surface area is 157 Å². The van der Waals surface area contributed by atoms with Crippen molar-refractivity contribution in [2.24, 2.45) is 0 Å². The van der Waals surface area contributed by atoms with Crippen molar-refractivity contribution >= 4 is 5.91 Å². The summed E-state index contributed by atoms with van der Waals surface area (Å²) in [5.74, 6) is 0.864. The van der Waals surface area contributed by atoms with Crippen molar-refractivity contribution in [2.45, 2.75) is 20.4 Å². The Morgan fingerprint density at radius 2 is 1.81 bits per heavy atom. The Bertz CT molecular complexity index is 920. The highest BCUT2D eigenvalue weighted by molar-refractivity contribution is 5.90. The lowest BCUT2D eigenvalue weighted by atomic mass is 10.2. The van der Waals surface area contributed by atoms with Crippen LogP contribution >= 0.6 is 0 Å². The lowest BCUT2D eigenvalue weighted by Crippen LogP contribution is -2.31. The van der Waals surface area contributed by atoms with Crippen molar-refractivity contribution < 1.29 is 13.9 Å². The molecule has 0 N–H and O–H groups in total. The standard InChI is InChI=1S/C20H21FN4O2/c1-4-24(13-15-5-11-18(27-3)12-6-15)20(26)19-22-14(2)25(23-19)17-9-7-16(21)8-10-17/h5-12H,4,13H2,1-3H3. The number of hydrogen-bond acceptors (Lipinski definition) is 4. The Balaban J connectivity index is 1.80. The molecular weight excluding hydrogens is 347 g/mol. The number of nitrogens with zero attached hydrogens (tertiary/aromatic N) is 4. The van der Waals surface area contributed by atoms with E-state index >= 15 is 0 Å². The quantitative estimate of drug-likeness (QED) is 0.669. The van der Waals surface area contributed by atoms with E-state index in [0.717, 1.165) is 11.3 Å². The molecule has 27 heavy (non-hydrogen) atoms. The second-order valence-corrected chi connectivity index (χ2v) is 6.04. The molecule has 0 aliphatic rings. The van der Waals surface area contributed by atoms with Gasteiger partial charge in [-0.1, -0.05) is 12.1 Å². The third-order valence-electron chi connectivity index (χ3n) is 4.23. The topological polar surface area (TPSA) is 60.2 Å². The highest BCUT2D eigenvalue weighted by Crippen LogP contribution is 2.15. The SMILES string of the molecule is CCN(Cc1ccc(OC)cc1)C(=O)c1nc(C)n(-c2ccc(F)cc2)n1. The van der Waals surface area contributed by atoms with Gasteiger partial charge in [0.05, 0.1) is 12.8 Å². The van der Waals surface area contributed by atoms with Crippen molar-refractivity contribution in [1.29, 1.82) is 0 Å². The first-order valence-electron chi connectivity index (χ1n) is 8.63. The van der Waals surface area contributed by atoms with Crippen molar-refractivity contribution in [1.82, 2.24) is 19.7 Å². The first-order chi connectivity index (χ1) is 13.0. The normalized spacial score (nSPS) is 10.7. The van der Waals surface area contributed by atoms with Crippen LogP contribution in [0.25, 0.3) is 5.69 Å². The number of benzene rings is 2. The summed E-state index contributed by atoms with van der Waals surface area (Å²) in [5, 5.41) is 4.32. The van der Waals surface area contributed by atoms with Crippen LogP contribution in [0, 0.1) is 12.7 Å². The molecule has 0 bridgehead atoms. The number of hydrogen-bond donors (Lipinski definition) is 0. The molecule has 0 atom stereocenters. The van der Waals surface area contributed by atoms with Crippen LogP contribution in [0.2, 0.25) is 0 Å². The van der Waals surface area contributed by atoms with E-state index in [1.807, 2.05) is 31.2 Å². The van der Waals surface area contributed by atoms with Gasteiger partial charge in [0.1, 0.15) is 17.4 Å². The van der Waals surface area contributed by atoms with Gasteiger partial charge in [0, 0.05) is 13.1 Å². The molecule has 0 fully saturated rings. The number of carbonyl (C=O) groups is 1. The van der Waals surface area contributed by atoms with E-state index < -0.39 is 0 Å². The molecule has 0 unspecified atom stereocenters. The van der Waals surface area contributed by atoms with E-state index in [2.05, 4.69) is 10.1 Å². The van der Waals surface area contributed by atoms with Crippen LogP contribution < -0.4 is 4.74 Å². The van der Waals surface area contributed by atoms with Gasteiger partial charge >= 0.3 is 0 Å². The Kier molecular flexibility index (Phi) is 5.49. The van der Waals surface area contributed by atoms with E-state index in [-0.39, 0.29) is 17.5 Å². The van der Waals surface area contributed by atoms with Gasteiger partial charge in [0.15, 0.2) is 0 Å². The van der Waals surface area contributed by atoms with Crippen molar-refractivity contribution in [3.8, 4) is 11.4 Å². The molecule has 1 aromatic heterocycles. The van der Waals surface area contributed by atoms with Crippen LogP contribution in [0.3, 0.4) is 0 Å². The van der Waals surface area contributed by atoms with E-state index in [9.17, 15) is 9.18 Å². The second kappa shape index (κ2) is 7.99. The van der Waals surface area contributed by atoms with Crippen LogP contribution in [-0.2, 0) is 6.54 Å². The molecule has 3 aromatic rings. The molecule has 7 heteroatoms. The number of aryl methyl sites for hydroxylation is 1. The molecular formula is C20H21FN4O2. The molecule has 0 saturated heterocycles. The largest absolute Gasteiger partial charge is 0.497 e. The lowest BCUT2D eigenvalue weighted by molar-refractivity contribution is 0.0740. The van der Waals surface area contributed by atoms with Crippen molar-refractivity contribution in [2.75, 3.05) is 13.7 Å². The zero-order chi connectivity index (χ0) is 19.4. The zero-order valence-corrected chi connectivity index (χ0v) is 15.5. The average molecular weight is 368 g/mol. The second-order valence-electron chi connectivity index (χ2n) is 6.04. The number of halogens is 1. The number of ether oxygens (including phenoxy) is 1. The molecule has 0 saturated carbocycles. The summed E-state index contributed by atoms with van der Waals surface area (Å²) in [6, 6.07) is 13.5. The maximum Gasteiger partial charge on any atom is 0.293 e. The maximum absolute atomic E-state index is 13.1. The van der Waals surface area contributed by atoms with Gasteiger partial charge in [-0.3, -0.25) is 4.79 Å². The molecule has 6 nitrogen and oxygen atoms in total. The summed E-state index contributed by atoms with van der Waals surface area (Å²) < 4.78 is 19.8. The fourth-order valence-corrected chi connectivity index (χ4v) is 2.73. The lowest BCUT2D eigenvalue weighted by Gasteiger charge is -2.19. The van der Waals surface area contributed by atoms with Gasteiger partial charge < -0.3 is 9.64 Å². The molecule has 1 heterocycles. The van der Waals surface area contributed by atoms with Crippen LogP contribution in [0.1, 0.15) is 28.9 Å². The molecule has 1 amide bonds. The Hall–Kier alpha value is -3.22. The average Bonchev–Trinajstić information content (AvgIpc) is 3.08. The molecule has 0 aliphatic heterocycles. The minimum absolute atomic E-state index is 0.118. The molecule has 2 aromatic carbocycles.